The van der Waals surface area contributed by atoms with Gasteiger partial charge in [0, 0.05) is 18.3 Å². The van der Waals surface area contributed by atoms with Crippen LogP contribution in [0.5, 0.6) is 0 Å². The molecule has 0 saturated heterocycles. The molecule has 2 aromatic carbocycles. The smallest absolute Gasteiger partial charge is 0.264 e. The van der Waals surface area contributed by atoms with Gasteiger partial charge in [-0.1, -0.05) is 68.5 Å². The summed E-state index contributed by atoms with van der Waals surface area (Å²) >= 11 is 1.58. The van der Waals surface area contributed by atoms with Crippen molar-refractivity contribution in [2.45, 2.75) is 26.3 Å². The molecule has 41 heavy (non-hydrogen) atoms. The van der Waals surface area contributed by atoms with E-state index in [0.717, 1.165) is 46.8 Å². The van der Waals surface area contributed by atoms with E-state index in [1.54, 1.807) is 11.7 Å². The Kier molecular flexibility index (Phi) is 9.02. The van der Waals surface area contributed by atoms with Crippen LogP contribution in [0.4, 0.5) is 17.3 Å². The number of carbonyl (C=O) groups is 1. The molecule has 0 radical (unpaired) electrons. The summed E-state index contributed by atoms with van der Waals surface area (Å²) in [6, 6.07) is 26.3. The maximum atomic E-state index is 11.7. The number of anilines is 3. The third kappa shape index (κ3) is 6.29. The lowest BCUT2D eigenvalue weighted by Crippen LogP contribution is -2.35. The number of unbranched alkanes of at least 4 members (excludes halogenated alkanes) is 1. The first-order chi connectivity index (χ1) is 20.1. The van der Waals surface area contributed by atoms with Gasteiger partial charge in [0.1, 0.15) is 24.4 Å². The van der Waals surface area contributed by atoms with Crippen LogP contribution in [0.3, 0.4) is 0 Å². The van der Waals surface area contributed by atoms with Gasteiger partial charge in [0.05, 0.1) is 12.1 Å². The van der Waals surface area contributed by atoms with Gasteiger partial charge < -0.3 is 15.7 Å². The normalized spacial score (nSPS) is 11.4. The minimum absolute atomic E-state index is 0.448. The van der Waals surface area contributed by atoms with Crippen LogP contribution in [0.25, 0.3) is 22.3 Å². The molecule has 0 saturated carbocycles. The van der Waals surface area contributed by atoms with E-state index in [-0.39, 0.29) is 0 Å². The molecule has 5 rings (SSSR count). The van der Waals surface area contributed by atoms with Crippen LogP contribution in [-0.4, -0.2) is 34.5 Å². The molecule has 0 aliphatic carbocycles. The average Bonchev–Trinajstić information content (AvgIpc) is 3.61. The number of rotatable bonds is 13. The summed E-state index contributed by atoms with van der Waals surface area (Å²) in [6.45, 7) is 7.40. The number of aromatic nitrogens is 2. The highest BCUT2D eigenvalue weighted by atomic mass is 32.1. The quantitative estimate of drug-likeness (QED) is 0.0527. The number of amides is 1. The van der Waals surface area contributed by atoms with Gasteiger partial charge in [0.2, 0.25) is 5.91 Å². The molecule has 1 amide bonds. The van der Waals surface area contributed by atoms with Crippen molar-refractivity contribution in [3.05, 3.63) is 97.1 Å². The fraction of sp³-hybridized carbons (Fsp3) is 0.226. The average molecular weight is 569 g/mol. The van der Waals surface area contributed by atoms with E-state index in [4.69, 9.17) is 5.11 Å². The second-order valence-corrected chi connectivity index (χ2v) is 10.4. The lowest BCUT2D eigenvalue weighted by atomic mass is 10.0. The van der Waals surface area contributed by atoms with Crippen molar-refractivity contribution < 1.29 is 13.9 Å². The Morgan fingerprint density at radius 1 is 1.10 bits per heavy atom. The molecule has 3 aromatic rings. The van der Waals surface area contributed by atoms with Gasteiger partial charge in [-0.15, -0.1) is 8.97 Å². The van der Waals surface area contributed by atoms with E-state index in [0.29, 0.717) is 25.3 Å². The molecular formula is C31H34N7O2S+. The molecular weight excluding hydrogens is 534 g/mol. The molecule has 3 heterocycles. The number of fused-ring (bicyclic) bond motifs is 2. The predicted octanol–water partition coefficient (Wildman–Crippen LogP) is 6.08. The number of nitrogens with zero attached hydrogens (tertiary/aromatic N) is 5. The Morgan fingerprint density at radius 2 is 1.90 bits per heavy atom. The van der Waals surface area contributed by atoms with Crippen molar-refractivity contribution in [2.75, 3.05) is 35.3 Å². The molecule has 0 unspecified atom stereocenters. The first kappa shape index (κ1) is 28.0. The molecule has 0 fully saturated rings. The van der Waals surface area contributed by atoms with Crippen LogP contribution in [0, 0.1) is 0 Å². The van der Waals surface area contributed by atoms with Gasteiger partial charge in [-0.3, -0.25) is 4.79 Å². The number of nitrogens with one attached hydrogen (secondary N) is 2. The highest BCUT2D eigenvalue weighted by molar-refractivity contribution is 6.96. The molecule has 210 valence electrons. The lowest BCUT2D eigenvalue weighted by Gasteiger charge is -2.14. The minimum atomic E-state index is -0.560. The Balaban J connectivity index is 1.60. The van der Waals surface area contributed by atoms with Crippen molar-refractivity contribution in [1.29, 1.82) is 0 Å². The predicted molar refractivity (Wildman–Crippen MR) is 165 cm³/mol. The highest BCUT2D eigenvalue weighted by Crippen LogP contribution is 2.36. The summed E-state index contributed by atoms with van der Waals surface area (Å²) in [4.78, 5) is 11.7. The summed E-state index contributed by atoms with van der Waals surface area (Å²) in [5, 5.41) is 26.2. The molecule has 3 N–H and O–H groups in total. The zero-order valence-corrected chi connectivity index (χ0v) is 23.8. The van der Waals surface area contributed by atoms with E-state index in [2.05, 4.69) is 78.6 Å². The van der Waals surface area contributed by atoms with Crippen molar-refractivity contribution in [3.63, 3.8) is 0 Å². The number of carbonyl (C=O) groups excluding carboxylic acids is 1. The van der Waals surface area contributed by atoms with Gasteiger partial charge in [-0.25, -0.2) is 0 Å². The maximum Gasteiger partial charge on any atom is 0.264 e. The van der Waals surface area contributed by atoms with Crippen LogP contribution < -0.4 is 19.6 Å². The summed E-state index contributed by atoms with van der Waals surface area (Å²) in [7, 11) is 0. The van der Waals surface area contributed by atoms with Crippen LogP contribution >= 0.6 is 11.7 Å². The zero-order chi connectivity index (χ0) is 28.6. The highest BCUT2D eigenvalue weighted by Gasteiger charge is 2.28. The second-order valence-electron chi connectivity index (χ2n) is 9.53. The number of benzene rings is 2. The largest absolute Gasteiger partial charge is 0.387 e. The first-order valence-electron chi connectivity index (χ1n) is 13.7. The number of aliphatic hydroxyl groups excluding tert-OH is 1. The van der Waals surface area contributed by atoms with E-state index in [1.165, 1.54) is 5.56 Å². The number of hydrogen-bond acceptors (Lipinski definition) is 6. The summed E-state index contributed by atoms with van der Waals surface area (Å²) in [5.74, 6) is 1.42. The van der Waals surface area contributed by atoms with Crippen molar-refractivity contribution >= 4 is 40.5 Å². The number of hydrogen-bond donors (Lipinski definition) is 3. The van der Waals surface area contributed by atoms with Crippen LogP contribution in [0.1, 0.15) is 25.3 Å². The van der Waals surface area contributed by atoms with Crippen molar-refractivity contribution in [1.82, 2.24) is 3.79 Å². The Labute approximate surface area is 243 Å². The molecule has 0 atom stereocenters. The van der Waals surface area contributed by atoms with Crippen LogP contribution in [0.2, 0.25) is 0 Å². The van der Waals surface area contributed by atoms with E-state index in [1.807, 2.05) is 53.5 Å². The maximum absolute atomic E-state index is 11.7. The standard InChI is InChI=1S/C31H33N7O2S/c1-3-5-19-33-35-36(20-4-2)30-18-16-27-31(24-11-13-25(14-12-24)34-29(40)22-39)26-15-17-28(37(26)41-38(27)30)32-21-23-9-7-6-8-10-23/h4,6-18,39H,2-3,5,19-22H2,1H3,(H,32,34,40)/p+1. The third-order valence-electron chi connectivity index (χ3n) is 6.60. The summed E-state index contributed by atoms with van der Waals surface area (Å²) in [5.41, 5.74) is 5.93. The minimum Gasteiger partial charge on any atom is -0.387 e. The van der Waals surface area contributed by atoms with Crippen molar-refractivity contribution in [3.8, 4) is 16.8 Å². The van der Waals surface area contributed by atoms with E-state index < -0.39 is 12.5 Å². The van der Waals surface area contributed by atoms with E-state index >= 15 is 0 Å². The number of aliphatic hydroxyl groups is 1. The molecule has 0 spiro atoms. The lowest BCUT2D eigenvalue weighted by molar-refractivity contribution is -0.505. The Bertz CT molecular complexity index is 1610. The second kappa shape index (κ2) is 13.2. The van der Waals surface area contributed by atoms with Crippen molar-refractivity contribution in [2.24, 2.45) is 10.3 Å². The Morgan fingerprint density at radius 3 is 2.63 bits per heavy atom. The fourth-order valence-electron chi connectivity index (χ4n) is 4.57. The summed E-state index contributed by atoms with van der Waals surface area (Å²) < 4.78 is 4.36. The van der Waals surface area contributed by atoms with Gasteiger partial charge in [-0.2, -0.15) is 8.90 Å². The topological polar surface area (TPSA) is 97.6 Å². The molecule has 10 heteroatoms. The molecule has 2 aliphatic heterocycles. The fourth-order valence-corrected chi connectivity index (χ4v) is 5.66. The Hall–Kier alpha value is -4.54. The molecule has 1 aromatic heterocycles. The van der Waals surface area contributed by atoms with Gasteiger partial charge >= 0.3 is 0 Å². The molecule has 9 nitrogen and oxygen atoms in total. The zero-order valence-electron chi connectivity index (χ0n) is 23.0. The van der Waals surface area contributed by atoms with Gasteiger partial charge in [0.25, 0.3) is 5.82 Å². The first-order valence-corrected chi connectivity index (χ1v) is 14.4. The van der Waals surface area contributed by atoms with Crippen LogP contribution in [0.15, 0.2) is 102 Å². The van der Waals surface area contributed by atoms with Gasteiger partial charge in [-0.05, 0) is 53.1 Å². The molecule has 0 bridgehead atoms. The summed E-state index contributed by atoms with van der Waals surface area (Å²) in [6.07, 6.45) is 3.87. The molecule has 2 aliphatic rings. The third-order valence-corrected chi connectivity index (χ3v) is 7.70. The van der Waals surface area contributed by atoms with Crippen LogP contribution in [-0.2, 0) is 11.3 Å². The SMILES string of the molecule is C=CCN(N=NCCCC)c1ccc2c(-c3ccc(NC(=O)CO)cc3)c3ccc(NCc4ccccc4)n3s[n+]1-2. The monoisotopic (exact) mass is 568 g/mol. The van der Waals surface area contributed by atoms with E-state index in [9.17, 15) is 4.79 Å². The van der Waals surface area contributed by atoms with Gasteiger partial charge in [0.15, 0.2) is 17.5 Å².